The van der Waals surface area contributed by atoms with Gasteiger partial charge in [-0.15, -0.1) is 0 Å². The van der Waals surface area contributed by atoms with Crippen LogP contribution in [-0.2, 0) is 4.74 Å². The van der Waals surface area contributed by atoms with E-state index in [1.165, 1.54) is 0 Å². The molecule has 0 bridgehead atoms. The van der Waals surface area contributed by atoms with Crippen molar-refractivity contribution in [2.24, 2.45) is 11.7 Å². The van der Waals surface area contributed by atoms with Crippen LogP contribution < -0.4 is 5.73 Å². The Morgan fingerprint density at radius 3 is 2.87 bits per heavy atom. The highest BCUT2D eigenvalue weighted by molar-refractivity contribution is 4.85. The summed E-state index contributed by atoms with van der Waals surface area (Å²) >= 11 is 0. The van der Waals surface area contributed by atoms with Gasteiger partial charge >= 0.3 is 0 Å². The minimum Gasteiger partial charge on any atom is -0.395 e. The number of aliphatic hydroxyl groups is 1. The van der Waals surface area contributed by atoms with Gasteiger partial charge in [0, 0.05) is 25.7 Å². The molecule has 1 saturated heterocycles. The molecule has 0 amide bonds. The Kier molecular flexibility index (Phi) is 5.53. The second kappa shape index (κ2) is 6.43. The normalized spacial score (nSPS) is 29.6. The van der Waals surface area contributed by atoms with Gasteiger partial charge in [0.1, 0.15) is 0 Å². The number of nitrogens with two attached hydrogens (primary N) is 1. The summed E-state index contributed by atoms with van der Waals surface area (Å²) in [5.74, 6) is 0.579. The van der Waals surface area contributed by atoms with Crippen molar-refractivity contribution in [2.45, 2.75) is 32.4 Å². The van der Waals surface area contributed by atoms with Gasteiger partial charge in [-0.2, -0.15) is 0 Å². The highest BCUT2D eigenvalue weighted by atomic mass is 16.5. The second-order valence-corrected chi connectivity index (χ2v) is 4.32. The van der Waals surface area contributed by atoms with Gasteiger partial charge in [0.25, 0.3) is 0 Å². The molecule has 15 heavy (non-hydrogen) atoms. The maximum atomic E-state index is 9.31. The van der Waals surface area contributed by atoms with Crippen LogP contribution in [0.15, 0.2) is 0 Å². The summed E-state index contributed by atoms with van der Waals surface area (Å²) in [6.07, 6.45) is 1.27. The predicted octanol–water partition coefficient (Wildman–Crippen LogP) is 0.0529. The highest BCUT2D eigenvalue weighted by Crippen LogP contribution is 2.23. The van der Waals surface area contributed by atoms with Crippen LogP contribution in [0.2, 0.25) is 0 Å². The summed E-state index contributed by atoms with van der Waals surface area (Å²) < 4.78 is 5.53. The average Bonchev–Trinajstić information content (AvgIpc) is 2.58. The minimum absolute atomic E-state index is 0.106. The van der Waals surface area contributed by atoms with E-state index in [-0.39, 0.29) is 12.7 Å². The van der Waals surface area contributed by atoms with Crippen molar-refractivity contribution in [2.75, 3.05) is 32.8 Å². The summed E-state index contributed by atoms with van der Waals surface area (Å²) in [5.41, 5.74) is 5.64. The Bertz CT molecular complexity index is 178. The van der Waals surface area contributed by atoms with Crippen molar-refractivity contribution in [3.63, 3.8) is 0 Å². The van der Waals surface area contributed by atoms with Crippen molar-refractivity contribution >= 4 is 0 Å². The number of hydrogen-bond acceptors (Lipinski definition) is 4. The lowest BCUT2D eigenvalue weighted by molar-refractivity contribution is 0.0257. The Balaban J connectivity index is 2.42. The molecule has 0 spiro atoms. The van der Waals surface area contributed by atoms with Gasteiger partial charge in [0.15, 0.2) is 0 Å². The summed E-state index contributed by atoms with van der Waals surface area (Å²) in [6, 6.07) is 0.291. The number of ether oxygens (including phenoxy) is 1. The Morgan fingerprint density at radius 1 is 1.60 bits per heavy atom. The molecule has 3 unspecified atom stereocenters. The van der Waals surface area contributed by atoms with Crippen LogP contribution in [0.5, 0.6) is 0 Å². The molecule has 0 aromatic heterocycles. The van der Waals surface area contributed by atoms with Crippen LogP contribution in [0.3, 0.4) is 0 Å². The molecule has 1 heterocycles. The molecular weight excluding hydrogens is 192 g/mol. The lowest BCUT2D eigenvalue weighted by Crippen LogP contribution is -2.43. The molecule has 1 rings (SSSR count). The van der Waals surface area contributed by atoms with E-state index >= 15 is 0 Å². The van der Waals surface area contributed by atoms with Crippen molar-refractivity contribution in [1.82, 2.24) is 4.90 Å². The summed E-state index contributed by atoms with van der Waals surface area (Å²) in [5, 5.41) is 9.31. The lowest BCUT2D eigenvalue weighted by Gasteiger charge is -2.28. The first-order valence-electron chi connectivity index (χ1n) is 5.89. The summed E-state index contributed by atoms with van der Waals surface area (Å²) in [4.78, 5) is 2.30. The monoisotopic (exact) mass is 216 g/mol. The van der Waals surface area contributed by atoms with Crippen LogP contribution in [0.1, 0.15) is 20.3 Å². The fraction of sp³-hybridized carbons (Fsp3) is 1.00. The first-order valence-corrected chi connectivity index (χ1v) is 5.89. The first-order chi connectivity index (χ1) is 7.22. The molecule has 3 atom stereocenters. The standard InChI is InChI=1S/C11H24N2O2/c1-3-15-10(6-12)7-13-5-4-9(2)11(13)8-14/h9-11,14H,3-8,12H2,1-2H3. The Hall–Kier alpha value is -0.160. The van der Waals surface area contributed by atoms with E-state index in [0.29, 0.717) is 25.1 Å². The maximum absolute atomic E-state index is 9.31. The van der Waals surface area contributed by atoms with Crippen LogP contribution in [-0.4, -0.2) is 55.0 Å². The van der Waals surface area contributed by atoms with E-state index in [1.54, 1.807) is 0 Å². The number of nitrogens with zero attached hydrogens (tertiary/aromatic N) is 1. The van der Waals surface area contributed by atoms with E-state index in [2.05, 4.69) is 11.8 Å². The van der Waals surface area contributed by atoms with E-state index < -0.39 is 0 Å². The lowest BCUT2D eigenvalue weighted by atomic mass is 10.0. The molecule has 0 aromatic rings. The smallest absolute Gasteiger partial charge is 0.0823 e. The molecule has 0 radical (unpaired) electrons. The van der Waals surface area contributed by atoms with Crippen LogP contribution in [0.25, 0.3) is 0 Å². The van der Waals surface area contributed by atoms with E-state index in [1.807, 2.05) is 6.92 Å². The van der Waals surface area contributed by atoms with E-state index in [9.17, 15) is 5.11 Å². The van der Waals surface area contributed by atoms with Gasteiger partial charge in [-0.25, -0.2) is 0 Å². The van der Waals surface area contributed by atoms with Gasteiger partial charge in [0.05, 0.1) is 12.7 Å². The largest absolute Gasteiger partial charge is 0.395 e. The zero-order valence-corrected chi connectivity index (χ0v) is 9.85. The number of aliphatic hydroxyl groups excluding tert-OH is 1. The average molecular weight is 216 g/mol. The van der Waals surface area contributed by atoms with Crippen molar-refractivity contribution in [3.05, 3.63) is 0 Å². The molecule has 90 valence electrons. The molecule has 0 aromatic carbocycles. The van der Waals surface area contributed by atoms with E-state index in [4.69, 9.17) is 10.5 Å². The maximum Gasteiger partial charge on any atom is 0.0823 e. The van der Waals surface area contributed by atoms with Gasteiger partial charge in [0.2, 0.25) is 0 Å². The third-order valence-electron chi connectivity index (χ3n) is 3.29. The highest BCUT2D eigenvalue weighted by Gasteiger charge is 2.31. The number of rotatable bonds is 6. The third-order valence-corrected chi connectivity index (χ3v) is 3.29. The van der Waals surface area contributed by atoms with Crippen LogP contribution >= 0.6 is 0 Å². The zero-order valence-electron chi connectivity index (χ0n) is 9.85. The fourth-order valence-electron chi connectivity index (χ4n) is 2.30. The third kappa shape index (κ3) is 3.41. The molecule has 3 N–H and O–H groups in total. The van der Waals surface area contributed by atoms with Crippen molar-refractivity contribution < 1.29 is 9.84 Å². The molecule has 1 aliphatic heterocycles. The quantitative estimate of drug-likeness (QED) is 0.659. The summed E-state index contributed by atoms with van der Waals surface area (Å²) in [6.45, 7) is 7.57. The summed E-state index contributed by atoms with van der Waals surface area (Å²) in [7, 11) is 0. The van der Waals surface area contributed by atoms with Crippen LogP contribution in [0.4, 0.5) is 0 Å². The molecule has 4 heteroatoms. The Labute approximate surface area is 92.4 Å². The van der Waals surface area contributed by atoms with E-state index in [0.717, 1.165) is 19.5 Å². The molecule has 0 saturated carbocycles. The van der Waals surface area contributed by atoms with Crippen molar-refractivity contribution in [1.29, 1.82) is 0 Å². The SMILES string of the molecule is CCOC(CN)CN1CCC(C)C1CO. The fourth-order valence-corrected chi connectivity index (χ4v) is 2.30. The molecule has 1 aliphatic rings. The van der Waals surface area contributed by atoms with Gasteiger partial charge in [-0.05, 0) is 25.8 Å². The van der Waals surface area contributed by atoms with Gasteiger partial charge in [-0.1, -0.05) is 6.92 Å². The predicted molar refractivity (Wildman–Crippen MR) is 60.7 cm³/mol. The molecule has 4 nitrogen and oxygen atoms in total. The topological polar surface area (TPSA) is 58.7 Å². The van der Waals surface area contributed by atoms with Gasteiger partial charge in [-0.3, -0.25) is 4.90 Å². The first kappa shape index (κ1) is 12.9. The molecular formula is C11H24N2O2. The number of hydrogen-bond donors (Lipinski definition) is 2. The zero-order chi connectivity index (χ0) is 11.3. The van der Waals surface area contributed by atoms with Crippen LogP contribution in [0, 0.1) is 5.92 Å². The second-order valence-electron chi connectivity index (χ2n) is 4.32. The number of likely N-dealkylation sites (tertiary alicyclic amines) is 1. The van der Waals surface area contributed by atoms with Crippen molar-refractivity contribution in [3.8, 4) is 0 Å². The minimum atomic E-state index is 0.106. The van der Waals surface area contributed by atoms with Gasteiger partial charge < -0.3 is 15.6 Å². The Morgan fingerprint density at radius 2 is 2.33 bits per heavy atom. The molecule has 0 aliphatic carbocycles. The molecule has 1 fully saturated rings.